The van der Waals surface area contributed by atoms with Gasteiger partial charge in [-0.1, -0.05) is 22.9 Å². The number of hydrogen-bond acceptors (Lipinski definition) is 3. The van der Waals surface area contributed by atoms with E-state index in [1.807, 2.05) is 12.1 Å². The summed E-state index contributed by atoms with van der Waals surface area (Å²) in [7, 11) is 0. The van der Waals surface area contributed by atoms with Crippen LogP contribution in [-0.4, -0.2) is 30.9 Å². The first-order chi connectivity index (χ1) is 8.72. The molecular formula is C14H18BrNO2. The number of ether oxygens (including phenoxy) is 1. The maximum Gasteiger partial charge on any atom is 0.127 e. The van der Waals surface area contributed by atoms with Gasteiger partial charge < -0.3 is 15.2 Å². The van der Waals surface area contributed by atoms with Crippen molar-refractivity contribution in [2.45, 2.75) is 19.4 Å². The second kappa shape index (κ2) is 6.36. The van der Waals surface area contributed by atoms with E-state index in [4.69, 9.17) is 9.84 Å². The summed E-state index contributed by atoms with van der Waals surface area (Å²) in [6.07, 6.45) is 3.08. The molecule has 0 spiro atoms. The van der Waals surface area contributed by atoms with Gasteiger partial charge in [-0.3, -0.25) is 0 Å². The van der Waals surface area contributed by atoms with Crippen LogP contribution in [0.4, 0.5) is 0 Å². The fraction of sp³-hybridized carbons (Fsp3) is 0.429. The van der Waals surface area contributed by atoms with E-state index in [0.717, 1.165) is 28.8 Å². The second-order valence-corrected chi connectivity index (χ2v) is 5.36. The van der Waals surface area contributed by atoms with Gasteiger partial charge in [0.15, 0.2) is 0 Å². The van der Waals surface area contributed by atoms with Gasteiger partial charge in [0.05, 0.1) is 6.61 Å². The van der Waals surface area contributed by atoms with Crippen molar-refractivity contribution in [2.75, 3.05) is 19.8 Å². The number of rotatable bonds is 5. The summed E-state index contributed by atoms with van der Waals surface area (Å²) < 4.78 is 6.75. The molecule has 98 valence electrons. The summed E-state index contributed by atoms with van der Waals surface area (Å²) in [5, 5.41) is 12.5. The molecule has 0 radical (unpaired) electrons. The highest BCUT2D eigenvalue weighted by Gasteiger charge is 2.12. The number of fused-ring (bicyclic) bond motifs is 1. The fourth-order valence-corrected chi connectivity index (χ4v) is 2.29. The predicted octanol–water partition coefficient (Wildman–Crippen LogP) is 2.59. The minimum Gasteiger partial charge on any atom is -0.489 e. The van der Waals surface area contributed by atoms with Crippen LogP contribution in [0.5, 0.6) is 5.75 Å². The normalized spacial score (nSPS) is 15.6. The zero-order chi connectivity index (χ0) is 13.0. The molecule has 0 aromatic heterocycles. The highest BCUT2D eigenvalue weighted by atomic mass is 79.9. The standard InChI is InChI=1S/C14H18BrNO2/c1-2-13(8-17)16-7-10-5-11-6-12(15)3-4-14(11)18-9-10/h3-6,13,16-17H,2,7-9H2,1H3. The van der Waals surface area contributed by atoms with E-state index in [0.29, 0.717) is 6.61 Å². The highest BCUT2D eigenvalue weighted by molar-refractivity contribution is 9.10. The molecule has 1 aromatic carbocycles. The quantitative estimate of drug-likeness (QED) is 0.878. The van der Waals surface area contributed by atoms with Gasteiger partial charge in [0.25, 0.3) is 0 Å². The lowest BCUT2D eigenvalue weighted by Gasteiger charge is -2.20. The predicted molar refractivity (Wildman–Crippen MR) is 76.8 cm³/mol. The first kappa shape index (κ1) is 13.6. The zero-order valence-electron chi connectivity index (χ0n) is 10.4. The fourth-order valence-electron chi connectivity index (χ4n) is 1.91. The van der Waals surface area contributed by atoms with E-state index in [1.165, 1.54) is 5.57 Å². The van der Waals surface area contributed by atoms with Crippen LogP contribution in [0, 0.1) is 0 Å². The summed E-state index contributed by atoms with van der Waals surface area (Å²) >= 11 is 3.46. The van der Waals surface area contributed by atoms with E-state index in [2.05, 4.69) is 40.3 Å². The Labute approximate surface area is 116 Å². The number of hydrogen-bond donors (Lipinski definition) is 2. The summed E-state index contributed by atoms with van der Waals surface area (Å²) in [6, 6.07) is 6.17. The lowest BCUT2D eigenvalue weighted by atomic mass is 10.1. The molecule has 1 atom stereocenters. The Kier molecular flexibility index (Phi) is 4.80. The lowest BCUT2D eigenvalue weighted by Crippen LogP contribution is -2.34. The third kappa shape index (κ3) is 3.34. The second-order valence-electron chi connectivity index (χ2n) is 4.44. The minimum absolute atomic E-state index is 0.162. The summed E-state index contributed by atoms with van der Waals surface area (Å²) in [5.74, 6) is 0.927. The molecule has 2 N–H and O–H groups in total. The summed E-state index contributed by atoms with van der Waals surface area (Å²) in [4.78, 5) is 0. The van der Waals surface area contributed by atoms with Gasteiger partial charge in [0.1, 0.15) is 12.4 Å². The number of aliphatic hydroxyl groups is 1. The largest absolute Gasteiger partial charge is 0.489 e. The molecule has 4 heteroatoms. The van der Waals surface area contributed by atoms with Crippen molar-refractivity contribution in [1.29, 1.82) is 0 Å². The van der Waals surface area contributed by atoms with Crippen molar-refractivity contribution in [3.8, 4) is 5.75 Å². The van der Waals surface area contributed by atoms with Crippen LogP contribution in [-0.2, 0) is 0 Å². The maximum absolute atomic E-state index is 9.13. The molecule has 1 heterocycles. The van der Waals surface area contributed by atoms with Crippen molar-refractivity contribution in [2.24, 2.45) is 0 Å². The van der Waals surface area contributed by atoms with Crippen LogP contribution < -0.4 is 10.1 Å². The van der Waals surface area contributed by atoms with Gasteiger partial charge in [-0.15, -0.1) is 0 Å². The molecule has 0 bridgehead atoms. The molecule has 1 aliphatic rings. The van der Waals surface area contributed by atoms with Gasteiger partial charge in [0.2, 0.25) is 0 Å². The van der Waals surface area contributed by atoms with Gasteiger partial charge >= 0.3 is 0 Å². The molecule has 0 aliphatic carbocycles. The highest BCUT2D eigenvalue weighted by Crippen LogP contribution is 2.28. The number of halogens is 1. The van der Waals surface area contributed by atoms with Crippen LogP contribution in [0.25, 0.3) is 6.08 Å². The monoisotopic (exact) mass is 311 g/mol. The third-order valence-electron chi connectivity index (χ3n) is 3.08. The van der Waals surface area contributed by atoms with Crippen molar-refractivity contribution in [3.05, 3.63) is 33.8 Å². The van der Waals surface area contributed by atoms with Gasteiger partial charge in [-0.05, 0) is 36.3 Å². The molecular weight excluding hydrogens is 294 g/mol. The van der Waals surface area contributed by atoms with Crippen LogP contribution in [0.3, 0.4) is 0 Å². The molecule has 0 fully saturated rings. The molecule has 0 saturated carbocycles. The van der Waals surface area contributed by atoms with Gasteiger partial charge in [0, 0.05) is 22.6 Å². The lowest BCUT2D eigenvalue weighted by molar-refractivity contribution is 0.240. The molecule has 0 saturated heterocycles. The van der Waals surface area contributed by atoms with Crippen molar-refractivity contribution in [1.82, 2.24) is 5.32 Å². The van der Waals surface area contributed by atoms with Gasteiger partial charge in [-0.2, -0.15) is 0 Å². The van der Waals surface area contributed by atoms with E-state index in [-0.39, 0.29) is 12.6 Å². The number of nitrogens with one attached hydrogen (secondary N) is 1. The van der Waals surface area contributed by atoms with Crippen LogP contribution >= 0.6 is 15.9 Å². The molecule has 3 nitrogen and oxygen atoms in total. The Morgan fingerprint density at radius 3 is 3.06 bits per heavy atom. The summed E-state index contributed by atoms with van der Waals surface area (Å²) in [6.45, 7) is 3.60. The van der Waals surface area contributed by atoms with Crippen LogP contribution in [0.15, 0.2) is 28.2 Å². The van der Waals surface area contributed by atoms with Gasteiger partial charge in [-0.25, -0.2) is 0 Å². The minimum atomic E-state index is 0.162. The smallest absolute Gasteiger partial charge is 0.127 e. The first-order valence-corrected chi connectivity index (χ1v) is 6.98. The SMILES string of the molecule is CCC(CO)NCC1=Cc2cc(Br)ccc2OC1. The van der Waals surface area contributed by atoms with Crippen LogP contribution in [0.1, 0.15) is 18.9 Å². The Balaban J connectivity index is 2.03. The van der Waals surface area contributed by atoms with Crippen molar-refractivity contribution >= 4 is 22.0 Å². The Morgan fingerprint density at radius 2 is 2.33 bits per heavy atom. The molecule has 1 unspecified atom stereocenters. The maximum atomic E-state index is 9.13. The van der Waals surface area contributed by atoms with Crippen molar-refractivity contribution < 1.29 is 9.84 Å². The average molecular weight is 312 g/mol. The Bertz CT molecular complexity index is 441. The molecule has 1 aromatic rings. The zero-order valence-corrected chi connectivity index (χ0v) is 12.0. The van der Waals surface area contributed by atoms with E-state index < -0.39 is 0 Å². The topological polar surface area (TPSA) is 41.5 Å². The molecule has 18 heavy (non-hydrogen) atoms. The summed E-state index contributed by atoms with van der Waals surface area (Å²) in [5.41, 5.74) is 2.30. The van der Waals surface area contributed by atoms with Crippen molar-refractivity contribution in [3.63, 3.8) is 0 Å². The number of benzene rings is 1. The average Bonchev–Trinajstić information content (AvgIpc) is 2.39. The molecule has 0 amide bonds. The number of aliphatic hydroxyl groups excluding tert-OH is 1. The van der Waals surface area contributed by atoms with E-state index in [1.54, 1.807) is 0 Å². The molecule has 1 aliphatic heterocycles. The van der Waals surface area contributed by atoms with Crippen LogP contribution in [0.2, 0.25) is 0 Å². The first-order valence-electron chi connectivity index (χ1n) is 6.19. The third-order valence-corrected chi connectivity index (χ3v) is 3.57. The van der Waals surface area contributed by atoms with E-state index >= 15 is 0 Å². The van der Waals surface area contributed by atoms with E-state index in [9.17, 15) is 0 Å². The molecule has 2 rings (SSSR count). The Morgan fingerprint density at radius 1 is 1.50 bits per heavy atom. The Hall–Kier alpha value is -0.840.